The van der Waals surface area contributed by atoms with Gasteiger partial charge in [0.05, 0.1) is 6.54 Å². The van der Waals surface area contributed by atoms with E-state index in [0.29, 0.717) is 18.7 Å². The molecule has 0 aliphatic rings. The molecule has 0 aliphatic heterocycles. The average molecular weight is 206 g/mol. The molecule has 0 spiro atoms. The van der Waals surface area contributed by atoms with Crippen molar-refractivity contribution < 1.29 is 4.39 Å². The Kier molecular flexibility index (Phi) is 4.29. The summed E-state index contributed by atoms with van der Waals surface area (Å²) >= 11 is 0. The van der Waals surface area contributed by atoms with Gasteiger partial charge in [0.1, 0.15) is 5.82 Å². The van der Waals surface area contributed by atoms with E-state index in [1.54, 1.807) is 0 Å². The van der Waals surface area contributed by atoms with Crippen molar-refractivity contribution in [1.82, 2.24) is 4.90 Å². The molecule has 1 aromatic carbocycles. The molecule has 1 aromatic rings. The molecule has 0 fully saturated rings. The molecule has 2 N–H and O–H groups in total. The Morgan fingerprint density at radius 2 is 2.07 bits per heavy atom. The predicted octanol–water partition coefficient (Wildman–Crippen LogP) is 1.20. The Hall–Kier alpha value is -1.37. The summed E-state index contributed by atoms with van der Waals surface area (Å²) < 4.78 is 13.2. The topological polar surface area (TPSA) is 29.3 Å². The summed E-state index contributed by atoms with van der Waals surface area (Å²) in [5.74, 6) is 5.28. The van der Waals surface area contributed by atoms with Gasteiger partial charge in [-0.1, -0.05) is 11.8 Å². The molecule has 15 heavy (non-hydrogen) atoms. The zero-order valence-electron chi connectivity index (χ0n) is 9.05. The number of benzene rings is 1. The van der Waals surface area contributed by atoms with Crippen LogP contribution >= 0.6 is 0 Å². The van der Waals surface area contributed by atoms with Gasteiger partial charge in [0.25, 0.3) is 0 Å². The summed E-state index contributed by atoms with van der Waals surface area (Å²) in [5, 5.41) is 0. The molecule has 0 atom stereocenters. The fourth-order valence-electron chi connectivity index (χ4n) is 1.33. The van der Waals surface area contributed by atoms with Gasteiger partial charge in [-0.25, -0.2) is 4.39 Å². The largest absolute Gasteiger partial charge is 0.320 e. The van der Waals surface area contributed by atoms with E-state index in [9.17, 15) is 4.39 Å². The van der Waals surface area contributed by atoms with Crippen LogP contribution in [0.5, 0.6) is 0 Å². The van der Waals surface area contributed by atoms with Crippen LogP contribution in [0.25, 0.3) is 0 Å². The van der Waals surface area contributed by atoms with E-state index < -0.39 is 0 Å². The Labute approximate surface area is 89.9 Å². The van der Waals surface area contributed by atoms with Crippen molar-refractivity contribution in [2.75, 3.05) is 20.6 Å². The lowest BCUT2D eigenvalue weighted by atomic mass is 10.1. The van der Waals surface area contributed by atoms with E-state index in [4.69, 9.17) is 5.73 Å². The van der Waals surface area contributed by atoms with Gasteiger partial charge in [-0.05, 0) is 37.9 Å². The van der Waals surface area contributed by atoms with Gasteiger partial charge in [-0.3, -0.25) is 0 Å². The van der Waals surface area contributed by atoms with Crippen molar-refractivity contribution in [3.63, 3.8) is 0 Å². The van der Waals surface area contributed by atoms with Crippen molar-refractivity contribution in [2.45, 2.75) is 6.54 Å². The minimum atomic E-state index is -0.254. The van der Waals surface area contributed by atoms with Gasteiger partial charge in [-0.2, -0.15) is 0 Å². The minimum Gasteiger partial charge on any atom is -0.320 e. The lowest BCUT2D eigenvalue weighted by Gasteiger charge is -2.09. The molecule has 3 heteroatoms. The molecule has 0 heterocycles. The Bertz CT molecular complexity index is 388. The second-order valence-corrected chi connectivity index (χ2v) is 3.59. The second kappa shape index (κ2) is 5.50. The van der Waals surface area contributed by atoms with Crippen LogP contribution in [0.4, 0.5) is 4.39 Å². The van der Waals surface area contributed by atoms with Crippen LogP contribution in [0.15, 0.2) is 18.2 Å². The molecule has 80 valence electrons. The van der Waals surface area contributed by atoms with Gasteiger partial charge >= 0.3 is 0 Å². The number of hydrogen-bond acceptors (Lipinski definition) is 2. The molecule has 0 aliphatic carbocycles. The van der Waals surface area contributed by atoms with E-state index in [1.165, 1.54) is 12.1 Å². The predicted molar refractivity (Wildman–Crippen MR) is 59.7 cm³/mol. The third kappa shape index (κ3) is 4.11. The lowest BCUT2D eigenvalue weighted by Crippen LogP contribution is -2.10. The van der Waals surface area contributed by atoms with Gasteiger partial charge in [0, 0.05) is 12.1 Å². The summed E-state index contributed by atoms with van der Waals surface area (Å²) in [6.45, 7) is 0.995. The van der Waals surface area contributed by atoms with Crippen LogP contribution in [0.1, 0.15) is 11.1 Å². The first kappa shape index (κ1) is 11.7. The highest BCUT2D eigenvalue weighted by Gasteiger charge is 2.00. The van der Waals surface area contributed by atoms with E-state index in [0.717, 1.165) is 5.56 Å². The van der Waals surface area contributed by atoms with Crippen molar-refractivity contribution in [3.05, 3.63) is 35.1 Å². The third-order valence-electron chi connectivity index (χ3n) is 1.79. The Morgan fingerprint density at radius 1 is 1.33 bits per heavy atom. The highest BCUT2D eigenvalue weighted by atomic mass is 19.1. The quantitative estimate of drug-likeness (QED) is 0.737. The van der Waals surface area contributed by atoms with Crippen LogP contribution < -0.4 is 5.73 Å². The van der Waals surface area contributed by atoms with Gasteiger partial charge in [0.15, 0.2) is 0 Å². The molecule has 0 saturated heterocycles. The van der Waals surface area contributed by atoms with Crippen molar-refractivity contribution in [3.8, 4) is 11.8 Å². The summed E-state index contributed by atoms with van der Waals surface area (Å²) in [7, 11) is 3.88. The monoisotopic (exact) mass is 206 g/mol. The van der Waals surface area contributed by atoms with Gasteiger partial charge in [-0.15, -0.1) is 0 Å². The number of rotatable bonds is 2. The van der Waals surface area contributed by atoms with Crippen molar-refractivity contribution >= 4 is 0 Å². The van der Waals surface area contributed by atoms with Crippen LogP contribution in [-0.2, 0) is 6.54 Å². The zero-order valence-corrected chi connectivity index (χ0v) is 9.05. The number of nitrogens with zero attached hydrogens (tertiary/aromatic N) is 1. The molecule has 0 unspecified atom stereocenters. The number of hydrogen-bond donors (Lipinski definition) is 1. The van der Waals surface area contributed by atoms with Crippen molar-refractivity contribution in [1.29, 1.82) is 0 Å². The Morgan fingerprint density at radius 3 is 2.67 bits per heavy atom. The molecule has 0 amide bonds. The molecule has 2 nitrogen and oxygen atoms in total. The zero-order chi connectivity index (χ0) is 11.3. The summed E-state index contributed by atoms with van der Waals surface area (Å²) in [5.41, 5.74) is 6.85. The maximum atomic E-state index is 13.2. The Balaban J connectivity index is 2.94. The first-order valence-electron chi connectivity index (χ1n) is 4.75. The highest BCUT2D eigenvalue weighted by molar-refractivity contribution is 5.37. The number of halogens is 1. The van der Waals surface area contributed by atoms with Gasteiger partial charge < -0.3 is 10.6 Å². The first-order valence-corrected chi connectivity index (χ1v) is 4.75. The molecular weight excluding hydrogens is 191 g/mol. The SMILES string of the molecule is CN(C)Cc1cc(F)cc(C#CCN)c1. The molecule has 0 bridgehead atoms. The maximum Gasteiger partial charge on any atom is 0.124 e. The van der Waals surface area contributed by atoms with E-state index in [2.05, 4.69) is 11.8 Å². The van der Waals surface area contributed by atoms with E-state index in [-0.39, 0.29) is 5.82 Å². The fourth-order valence-corrected chi connectivity index (χ4v) is 1.33. The molecular formula is C12H15FN2. The molecule has 1 rings (SSSR count). The first-order chi connectivity index (χ1) is 7.11. The summed E-state index contributed by atoms with van der Waals surface area (Å²) in [4.78, 5) is 1.98. The maximum absolute atomic E-state index is 13.2. The van der Waals surface area contributed by atoms with Crippen LogP contribution in [0.2, 0.25) is 0 Å². The second-order valence-electron chi connectivity index (χ2n) is 3.59. The highest BCUT2D eigenvalue weighted by Crippen LogP contribution is 2.09. The van der Waals surface area contributed by atoms with Gasteiger partial charge in [0.2, 0.25) is 0 Å². The van der Waals surface area contributed by atoms with Crippen LogP contribution in [-0.4, -0.2) is 25.5 Å². The van der Waals surface area contributed by atoms with Crippen molar-refractivity contribution in [2.24, 2.45) is 5.73 Å². The lowest BCUT2D eigenvalue weighted by molar-refractivity contribution is 0.401. The van der Waals surface area contributed by atoms with E-state index in [1.807, 2.05) is 25.1 Å². The minimum absolute atomic E-state index is 0.254. The average Bonchev–Trinajstić information content (AvgIpc) is 2.12. The molecule has 0 saturated carbocycles. The summed E-state index contributed by atoms with van der Waals surface area (Å²) in [6, 6.07) is 4.82. The fraction of sp³-hybridized carbons (Fsp3) is 0.333. The molecule has 0 aromatic heterocycles. The normalized spacial score (nSPS) is 9.93. The number of nitrogens with two attached hydrogens (primary N) is 1. The summed E-state index contributed by atoms with van der Waals surface area (Å²) in [6.07, 6.45) is 0. The van der Waals surface area contributed by atoms with Crippen LogP contribution in [0, 0.1) is 17.7 Å². The van der Waals surface area contributed by atoms with Crippen LogP contribution in [0.3, 0.4) is 0 Å². The smallest absolute Gasteiger partial charge is 0.124 e. The third-order valence-corrected chi connectivity index (χ3v) is 1.79. The standard InChI is InChI=1S/C12H15FN2/c1-15(2)9-11-6-10(4-3-5-14)7-12(13)8-11/h6-8H,5,9,14H2,1-2H3. The molecule has 0 radical (unpaired) electrons. The van der Waals surface area contributed by atoms with E-state index >= 15 is 0 Å².